The number of piperidine rings is 1. The minimum Gasteiger partial charge on any atom is -0.469 e. The summed E-state index contributed by atoms with van der Waals surface area (Å²) in [6.45, 7) is 4.07. The second-order valence-corrected chi connectivity index (χ2v) is 4.47. The van der Waals surface area contributed by atoms with E-state index in [1.54, 1.807) is 0 Å². The first kappa shape index (κ1) is 12.5. The summed E-state index contributed by atoms with van der Waals surface area (Å²) in [5.41, 5.74) is 0. The molecule has 1 heterocycles. The van der Waals surface area contributed by atoms with Gasteiger partial charge in [-0.05, 0) is 33.5 Å². The molecule has 1 aliphatic rings. The molecule has 0 aromatic rings. The lowest BCUT2D eigenvalue weighted by Crippen LogP contribution is -2.42. The second-order valence-electron chi connectivity index (χ2n) is 4.47. The Balaban J connectivity index is 2.32. The molecule has 1 fully saturated rings. The van der Waals surface area contributed by atoms with Crippen molar-refractivity contribution >= 4 is 5.97 Å². The van der Waals surface area contributed by atoms with Gasteiger partial charge in [-0.25, -0.2) is 0 Å². The zero-order valence-corrected chi connectivity index (χ0v) is 10.0. The van der Waals surface area contributed by atoms with Crippen molar-refractivity contribution in [2.45, 2.75) is 12.8 Å². The molecule has 0 aliphatic carbocycles. The summed E-state index contributed by atoms with van der Waals surface area (Å²) in [5, 5.41) is 0. The summed E-state index contributed by atoms with van der Waals surface area (Å²) in [6, 6.07) is 0. The molecule has 4 nitrogen and oxygen atoms in total. The van der Waals surface area contributed by atoms with E-state index in [4.69, 9.17) is 4.74 Å². The quantitative estimate of drug-likeness (QED) is 0.636. The number of rotatable bonds is 4. The third kappa shape index (κ3) is 4.18. The van der Waals surface area contributed by atoms with Crippen LogP contribution in [0.1, 0.15) is 12.8 Å². The summed E-state index contributed by atoms with van der Waals surface area (Å²) in [5.74, 6) is 0.0375. The SMILES string of the molecule is COC(=O)[C@H]1CCCN(CCN(C)C)C1. The normalized spacial score (nSPS) is 23.1. The monoisotopic (exact) mass is 214 g/mol. The molecular weight excluding hydrogens is 192 g/mol. The van der Waals surface area contributed by atoms with Gasteiger partial charge >= 0.3 is 5.97 Å². The number of methoxy groups -OCH3 is 1. The van der Waals surface area contributed by atoms with E-state index < -0.39 is 0 Å². The minimum absolute atomic E-state index is 0.0513. The Hall–Kier alpha value is -0.610. The molecule has 1 saturated heterocycles. The predicted molar refractivity (Wildman–Crippen MR) is 59.7 cm³/mol. The Bertz CT molecular complexity index is 207. The van der Waals surface area contributed by atoms with Gasteiger partial charge in [0.1, 0.15) is 0 Å². The van der Waals surface area contributed by atoms with Gasteiger partial charge in [-0.3, -0.25) is 4.79 Å². The summed E-state index contributed by atoms with van der Waals surface area (Å²) in [7, 11) is 5.62. The highest BCUT2D eigenvalue weighted by molar-refractivity contribution is 5.72. The van der Waals surface area contributed by atoms with Crippen molar-refractivity contribution in [3.63, 3.8) is 0 Å². The summed E-state index contributed by atoms with van der Waals surface area (Å²) >= 11 is 0. The number of carbonyl (C=O) groups is 1. The van der Waals surface area contributed by atoms with Crippen LogP contribution >= 0.6 is 0 Å². The highest BCUT2D eigenvalue weighted by atomic mass is 16.5. The van der Waals surface area contributed by atoms with Crippen LogP contribution in [0.4, 0.5) is 0 Å². The molecule has 0 spiro atoms. The molecular formula is C11H22N2O2. The first-order chi connectivity index (χ1) is 7.13. The molecule has 0 amide bonds. The van der Waals surface area contributed by atoms with Gasteiger partial charge in [0.15, 0.2) is 0 Å². The number of likely N-dealkylation sites (tertiary alicyclic amines) is 1. The Morgan fingerprint density at radius 2 is 2.27 bits per heavy atom. The maximum atomic E-state index is 11.4. The van der Waals surface area contributed by atoms with Crippen LogP contribution in [0.25, 0.3) is 0 Å². The number of ether oxygens (including phenoxy) is 1. The molecule has 0 unspecified atom stereocenters. The van der Waals surface area contributed by atoms with E-state index in [-0.39, 0.29) is 11.9 Å². The van der Waals surface area contributed by atoms with Crippen molar-refractivity contribution in [3.05, 3.63) is 0 Å². The average molecular weight is 214 g/mol. The Morgan fingerprint density at radius 3 is 2.87 bits per heavy atom. The standard InChI is InChI=1S/C11H22N2O2/c1-12(2)7-8-13-6-4-5-10(9-13)11(14)15-3/h10H,4-9H2,1-3H3/t10-/m0/s1. The van der Waals surface area contributed by atoms with Gasteiger partial charge in [0.05, 0.1) is 13.0 Å². The maximum Gasteiger partial charge on any atom is 0.309 e. The zero-order chi connectivity index (χ0) is 11.3. The molecule has 1 aliphatic heterocycles. The third-order valence-electron chi connectivity index (χ3n) is 2.90. The fraction of sp³-hybridized carbons (Fsp3) is 0.909. The van der Waals surface area contributed by atoms with E-state index in [1.807, 2.05) is 0 Å². The molecule has 1 atom stereocenters. The van der Waals surface area contributed by atoms with Gasteiger partial charge < -0.3 is 14.5 Å². The number of hydrogen-bond acceptors (Lipinski definition) is 4. The first-order valence-corrected chi connectivity index (χ1v) is 5.58. The number of hydrogen-bond donors (Lipinski definition) is 0. The number of nitrogens with zero attached hydrogens (tertiary/aromatic N) is 2. The highest BCUT2D eigenvalue weighted by Gasteiger charge is 2.25. The van der Waals surface area contributed by atoms with Gasteiger partial charge in [-0.2, -0.15) is 0 Å². The van der Waals surface area contributed by atoms with Gasteiger partial charge in [0, 0.05) is 19.6 Å². The molecule has 0 N–H and O–H groups in total. The maximum absolute atomic E-state index is 11.4. The van der Waals surface area contributed by atoms with Gasteiger partial charge in [0.25, 0.3) is 0 Å². The predicted octanol–water partition coefficient (Wildman–Crippen LogP) is 0.433. The smallest absolute Gasteiger partial charge is 0.309 e. The van der Waals surface area contributed by atoms with E-state index in [9.17, 15) is 4.79 Å². The number of likely N-dealkylation sites (N-methyl/N-ethyl adjacent to an activating group) is 1. The van der Waals surface area contributed by atoms with Crippen molar-refractivity contribution in [1.29, 1.82) is 0 Å². The van der Waals surface area contributed by atoms with Crippen LogP contribution in [-0.4, -0.2) is 63.2 Å². The molecule has 0 bridgehead atoms. The molecule has 15 heavy (non-hydrogen) atoms. The van der Waals surface area contributed by atoms with Crippen molar-refractivity contribution in [1.82, 2.24) is 9.80 Å². The van der Waals surface area contributed by atoms with E-state index in [2.05, 4.69) is 23.9 Å². The average Bonchev–Trinajstić information content (AvgIpc) is 2.25. The third-order valence-corrected chi connectivity index (χ3v) is 2.90. The lowest BCUT2D eigenvalue weighted by Gasteiger charge is -2.31. The molecule has 0 saturated carbocycles. The van der Waals surface area contributed by atoms with E-state index in [0.717, 1.165) is 39.0 Å². The fourth-order valence-corrected chi connectivity index (χ4v) is 1.96. The van der Waals surface area contributed by atoms with Crippen molar-refractivity contribution in [2.75, 3.05) is 47.4 Å². The summed E-state index contributed by atoms with van der Waals surface area (Å²) < 4.78 is 4.79. The highest BCUT2D eigenvalue weighted by Crippen LogP contribution is 2.17. The minimum atomic E-state index is -0.0513. The summed E-state index contributed by atoms with van der Waals surface area (Å²) in [6.07, 6.45) is 2.08. The topological polar surface area (TPSA) is 32.8 Å². The lowest BCUT2D eigenvalue weighted by atomic mass is 9.98. The van der Waals surface area contributed by atoms with Gasteiger partial charge in [0.2, 0.25) is 0 Å². The van der Waals surface area contributed by atoms with Crippen LogP contribution < -0.4 is 0 Å². The largest absolute Gasteiger partial charge is 0.469 e. The van der Waals surface area contributed by atoms with Gasteiger partial charge in [-0.1, -0.05) is 0 Å². The van der Waals surface area contributed by atoms with E-state index in [1.165, 1.54) is 7.11 Å². The molecule has 4 heteroatoms. The molecule has 0 aromatic carbocycles. The van der Waals surface area contributed by atoms with E-state index in [0.29, 0.717) is 0 Å². The first-order valence-electron chi connectivity index (χ1n) is 5.58. The van der Waals surface area contributed by atoms with Crippen LogP contribution in [0.15, 0.2) is 0 Å². The van der Waals surface area contributed by atoms with Crippen LogP contribution in [0.3, 0.4) is 0 Å². The van der Waals surface area contributed by atoms with Crippen LogP contribution in [0.2, 0.25) is 0 Å². The van der Waals surface area contributed by atoms with Crippen molar-refractivity contribution in [3.8, 4) is 0 Å². The molecule has 0 aromatic heterocycles. The molecule has 88 valence electrons. The van der Waals surface area contributed by atoms with Crippen molar-refractivity contribution < 1.29 is 9.53 Å². The van der Waals surface area contributed by atoms with Crippen molar-refractivity contribution in [2.24, 2.45) is 5.92 Å². The van der Waals surface area contributed by atoms with E-state index >= 15 is 0 Å². The van der Waals surface area contributed by atoms with Crippen LogP contribution in [0, 0.1) is 5.92 Å². The number of carbonyl (C=O) groups excluding carboxylic acids is 1. The summed E-state index contributed by atoms with van der Waals surface area (Å²) in [4.78, 5) is 15.9. The van der Waals surface area contributed by atoms with Crippen LogP contribution in [0.5, 0.6) is 0 Å². The van der Waals surface area contributed by atoms with Gasteiger partial charge in [-0.15, -0.1) is 0 Å². The Kier molecular flexibility index (Phi) is 5.05. The lowest BCUT2D eigenvalue weighted by molar-refractivity contribution is -0.147. The molecule has 0 radical (unpaired) electrons. The molecule has 1 rings (SSSR count). The fourth-order valence-electron chi connectivity index (χ4n) is 1.96. The second kappa shape index (κ2) is 6.08. The zero-order valence-electron chi connectivity index (χ0n) is 10.0. The number of esters is 1. The van der Waals surface area contributed by atoms with Crippen LogP contribution in [-0.2, 0) is 9.53 Å². The Labute approximate surface area is 92.2 Å². The Morgan fingerprint density at radius 1 is 1.53 bits per heavy atom.